The van der Waals surface area contributed by atoms with Crippen LogP contribution in [0.4, 0.5) is 4.79 Å². The third-order valence-corrected chi connectivity index (χ3v) is 2.92. The highest BCUT2D eigenvalue weighted by molar-refractivity contribution is 6.30. The number of carbonyl (C=O) groups is 2. The standard InChI is InChI=1S/C12H8ClNO3.C3H8N2O/c13-9-3-1-2-7(4-9)8-5-10(15)11(12(16)17)14-6-8;1-4-3(6)5-2/h1-6,15H,(H,16,17);1-2H3,(H2,4,5,6). The number of aromatic carboxylic acids is 1. The molecule has 1 heterocycles. The number of hydrogen-bond donors (Lipinski definition) is 4. The Hall–Kier alpha value is -2.80. The Morgan fingerprint density at radius 2 is 1.78 bits per heavy atom. The Morgan fingerprint density at radius 3 is 2.22 bits per heavy atom. The van der Waals surface area contributed by atoms with Gasteiger partial charge >= 0.3 is 12.0 Å². The summed E-state index contributed by atoms with van der Waals surface area (Å²) >= 11 is 5.84. The number of carboxylic acid groups (broad SMARTS) is 1. The molecule has 1 aromatic carbocycles. The summed E-state index contributed by atoms with van der Waals surface area (Å²) in [5.74, 6) is -1.63. The smallest absolute Gasteiger partial charge is 0.358 e. The van der Waals surface area contributed by atoms with Gasteiger partial charge in [-0.2, -0.15) is 0 Å². The summed E-state index contributed by atoms with van der Waals surface area (Å²) in [6.45, 7) is 0. The van der Waals surface area contributed by atoms with Crippen LogP contribution in [0.1, 0.15) is 10.5 Å². The van der Waals surface area contributed by atoms with Gasteiger partial charge in [-0.1, -0.05) is 23.7 Å². The largest absolute Gasteiger partial charge is 0.505 e. The normalized spacial score (nSPS) is 9.35. The van der Waals surface area contributed by atoms with E-state index in [2.05, 4.69) is 15.6 Å². The Balaban J connectivity index is 0.000000379. The Bertz CT molecular complexity index is 701. The number of amides is 2. The Morgan fingerprint density at radius 1 is 1.13 bits per heavy atom. The molecule has 0 aliphatic carbocycles. The van der Waals surface area contributed by atoms with Crippen LogP contribution in [0.15, 0.2) is 36.5 Å². The monoisotopic (exact) mass is 337 g/mol. The van der Waals surface area contributed by atoms with Crippen molar-refractivity contribution < 1.29 is 19.8 Å². The van der Waals surface area contributed by atoms with E-state index in [-0.39, 0.29) is 17.5 Å². The number of benzene rings is 1. The van der Waals surface area contributed by atoms with Crippen molar-refractivity contribution in [2.75, 3.05) is 14.1 Å². The highest BCUT2D eigenvalue weighted by atomic mass is 35.5. The summed E-state index contributed by atoms with van der Waals surface area (Å²) in [5, 5.41) is 23.5. The lowest BCUT2D eigenvalue weighted by molar-refractivity contribution is 0.0687. The van der Waals surface area contributed by atoms with Crippen molar-refractivity contribution in [1.82, 2.24) is 15.6 Å². The van der Waals surface area contributed by atoms with E-state index in [1.807, 2.05) is 0 Å². The van der Waals surface area contributed by atoms with Crippen LogP contribution in [-0.4, -0.2) is 41.3 Å². The molecule has 0 saturated heterocycles. The molecule has 8 heteroatoms. The zero-order valence-electron chi connectivity index (χ0n) is 12.5. The van der Waals surface area contributed by atoms with Crippen LogP contribution >= 0.6 is 11.6 Å². The summed E-state index contributed by atoms with van der Waals surface area (Å²) in [7, 11) is 3.14. The van der Waals surface area contributed by atoms with Crippen LogP contribution in [0, 0.1) is 0 Å². The van der Waals surface area contributed by atoms with E-state index in [4.69, 9.17) is 16.7 Å². The first-order valence-corrected chi connectivity index (χ1v) is 6.84. The quantitative estimate of drug-likeness (QED) is 0.672. The van der Waals surface area contributed by atoms with E-state index in [0.29, 0.717) is 10.6 Å². The highest BCUT2D eigenvalue weighted by Gasteiger charge is 2.12. The minimum atomic E-state index is -1.26. The second kappa shape index (κ2) is 8.60. The summed E-state index contributed by atoms with van der Waals surface area (Å²) in [4.78, 5) is 24.3. The first kappa shape index (κ1) is 18.2. The maximum Gasteiger partial charge on any atom is 0.358 e. The number of halogens is 1. The highest BCUT2D eigenvalue weighted by Crippen LogP contribution is 2.26. The number of aromatic nitrogens is 1. The zero-order chi connectivity index (χ0) is 17.4. The molecule has 0 atom stereocenters. The molecular formula is C15H16ClN3O4. The molecule has 0 fully saturated rings. The molecule has 1 aromatic heterocycles. The number of nitrogens with zero attached hydrogens (tertiary/aromatic N) is 1. The maximum atomic E-state index is 10.7. The fourth-order valence-corrected chi connectivity index (χ4v) is 1.76. The molecule has 2 amide bonds. The van der Waals surface area contributed by atoms with E-state index in [1.54, 1.807) is 38.4 Å². The van der Waals surface area contributed by atoms with Gasteiger partial charge in [0.25, 0.3) is 0 Å². The molecular weight excluding hydrogens is 322 g/mol. The molecule has 0 aliphatic rings. The molecule has 122 valence electrons. The van der Waals surface area contributed by atoms with Crippen molar-refractivity contribution in [3.05, 3.63) is 47.2 Å². The van der Waals surface area contributed by atoms with Gasteiger partial charge in [-0.05, 0) is 23.8 Å². The number of aromatic hydroxyl groups is 1. The Kier molecular flexibility index (Phi) is 6.82. The average molecular weight is 338 g/mol. The molecule has 0 radical (unpaired) electrons. The second-order valence-corrected chi connectivity index (χ2v) is 4.67. The van der Waals surface area contributed by atoms with Crippen molar-refractivity contribution in [1.29, 1.82) is 0 Å². The van der Waals surface area contributed by atoms with Crippen molar-refractivity contribution in [2.45, 2.75) is 0 Å². The lowest BCUT2D eigenvalue weighted by Gasteiger charge is -2.04. The summed E-state index contributed by atoms with van der Waals surface area (Å²) in [6, 6.07) is 8.18. The van der Waals surface area contributed by atoms with Gasteiger partial charge in [0.2, 0.25) is 0 Å². The molecule has 23 heavy (non-hydrogen) atoms. The van der Waals surface area contributed by atoms with Crippen molar-refractivity contribution in [3.63, 3.8) is 0 Å². The summed E-state index contributed by atoms with van der Waals surface area (Å²) in [6.07, 6.45) is 1.38. The van der Waals surface area contributed by atoms with Gasteiger partial charge in [0, 0.05) is 30.9 Å². The third kappa shape index (κ3) is 5.48. The van der Waals surface area contributed by atoms with E-state index in [0.717, 1.165) is 5.56 Å². The molecule has 0 bridgehead atoms. The van der Waals surface area contributed by atoms with E-state index >= 15 is 0 Å². The topological polar surface area (TPSA) is 112 Å². The average Bonchev–Trinajstić information content (AvgIpc) is 2.54. The van der Waals surface area contributed by atoms with Crippen molar-refractivity contribution >= 4 is 23.6 Å². The number of nitrogens with one attached hydrogen (secondary N) is 2. The van der Waals surface area contributed by atoms with Gasteiger partial charge < -0.3 is 20.8 Å². The number of hydrogen-bond acceptors (Lipinski definition) is 4. The molecule has 2 rings (SSSR count). The fourth-order valence-electron chi connectivity index (χ4n) is 1.57. The van der Waals surface area contributed by atoms with Gasteiger partial charge in [0.05, 0.1) is 0 Å². The molecule has 2 aromatic rings. The number of carbonyl (C=O) groups excluding carboxylic acids is 1. The fraction of sp³-hybridized carbons (Fsp3) is 0.133. The van der Waals surface area contributed by atoms with Crippen LogP contribution in [0.25, 0.3) is 11.1 Å². The Labute approximate surface area is 137 Å². The number of rotatable bonds is 2. The van der Waals surface area contributed by atoms with Crippen LogP contribution in [0.3, 0.4) is 0 Å². The van der Waals surface area contributed by atoms with Crippen LogP contribution in [-0.2, 0) is 0 Å². The molecule has 4 N–H and O–H groups in total. The number of urea groups is 1. The van der Waals surface area contributed by atoms with Gasteiger partial charge in [-0.3, -0.25) is 0 Å². The first-order chi connectivity index (χ1) is 10.9. The van der Waals surface area contributed by atoms with Gasteiger partial charge in [-0.15, -0.1) is 0 Å². The molecule has 0 aliphatic heterocycles. The summed E-state index contributed by atoms with van der Waals surface area (Å²) in [5.41, 5.74) is 1.00. The van der Waals surface area contributed by atoms with E-state index in [1.165, 1.54) is 12.3 Å². The zero-order valence-corrected chi connectivity index (χ0v) is 13.3. The first-order valence-electron chi connectivity index (χ1n) is 6.46. The lowest BCUT2D eigenvalue weighted by Crippen LogP contribution is -2.28. The van der Waals surface area contributed by atoms with E-state index < -0.39 is 5.97 Å². The molecule has 0 unspecified atom stereocenters. The van der Waals surface area contributed by atoms with Crippen LogP contribution in [0.5, 0.6) is 5.75 Å². The molecule has 0 spiro atoms. The number of carboxylic acids is 1. The van der Waals surface area contributed by atoms with Crippen LogP contribution < -0.4 is 10.6 Å². The minimum absolute atomic E-state index is 0.157. The predicted molar refractivity (Wildman–Crippen MR) is 86.8 cm³/mol. The van der Waals surface area contributed by atoms with Crippen molar-refractivity contribution in [2.24, 2.45) is 0 Å². The maximum absolute atomic E-state index is 10.7. The molecule has 7 nitrogen and oxygen atoms in total. The van der Waals surface area contributed by atoms with Crippen LogP contribution in [0.2, 0.25) is 5.02 Å². The lowest BCUT2D eigenvalue weighted by atomic mass is 10.1. The SMILES string of the molecule is CNC(=O)NC.O=C(O)c1ncc(-c2cccc(Cl)c2)cc1O. The van der Waals surface area contributed by atoms with Gasteiger partial charge in [-0.25, -0.2) is 14.6 Å². The number of pyridine rings is 1. The van der Waals surface area contributed by atoms with E-state index in [9.17, 15) is 14.7 Å². The summed E-state index contributed by atoms with van der Waals surface area (Å²) < 4.78 is 0. The third-order valence-electron chi connectivity index (χ3n) is 2.68. The second-order valence-electron chi connectivity index (χ2n) is 4.24. The molecule has 0 saturated carbocycles. The minimum Gasteiger partial charge on any atom is -0.505 e. The van der Waals surface area contributed by atoms with Gasteiger partial charge in [0.1, 0.15) is 5.75 Å². The predicted octanol–water partition coefficient (Wildman–Crippen LogP) is 2.35. The van der Waals surface area contributed by atoms with Gasteiger partial charge in [0.15, 0.2) is 5.69 Å². The van der Waals surface area contributed by atoms with Crippen molar-refractivity contribution in [3.8, 4) is 16.9 Å².